The summed E-state index contributed by atoms with van der Waals surface area (Å²) in [5.41, 5.74) is 0.997. The van der Waals surface area contributed by atoms with Crippen LogP contribution in [-0.4, -0.2) is 23.8 Å². The van der Waals surface area contributed by atoms with Gasteiger partial charge in [0.05, 0.1) is 6.54 Å². The average Bonchev–Trinajstić information content (AvgIpc) is 2.90. The van der Waals surface area contributed by atoms with E-state index in [0.717, 1.165) is 5.56 Å². The van der Waals surface area contributed by atoms with Crippen LogP contribution in [0.3, 0.4) is 0 Å². The first-order valence-electron chi connectivity index (χ1n) is 6.07. The van der Waals surface area contributed by atoms with Gasteiger partial charge in [0, 0.05) is 13.7 Å². The predicted octanol–water partition coefficient (Wildman–Crippen LogP) is 2.08. The topological polar surface area (TPSA) is 60.2 Å². The van der Waals surface area contributed by atoms with E-state index in [-0.39, 0.29) is 6.10 Å². The summed E-state index contributed by atoms with van der Waals surface area (Å²) in [5, 5.41) is 7.07. The summed E-state index contributed by atoms with van der Waals surface area (Å²) in [6.45, 7) is 4.85. The van der Waals surface area contributed by atoms with E-state index in [1.54, 1.807) is 13.2 Å². The Morgan fingerprint density at radius 2 is 2.21 bits per heavy atom. The van der Waals surface area contributed by atoms with Crippen molar-refractivity contribution in [3.8, 4) is 0 Å². The molecule has 0 amide bonds. The molecule has 0 saturated heterocycles. The van der Waals surface area contributed by atoms with Crippen LogP contribution in [0.25, 0.3) is 0 Å². The number of nitrogens with zero attached hydrogens (tertiary/aromatic N) is 2. The summed E-state index contributed by atoms with van der Waals surface area (Å²) in [7, 11) is 1.63. The Morgan fingerprint density at radius 1 is 1.42 bits per heavy atom. The van der Waals surface area contributed by atoms with Crippen molar-refractivity contribution in [1.29, 1.82) is 0 Å². The Labute approximate surface area is 112 Å². The zero-order valence-corrected chi connectivity index (χ0v) is 10.9. The fourth-order valence-corrected chi connectivity index (χ4v) is 1.75. The van der Waals surface area contributed by atoms with Crippen molar-refractivity contribution in [2.24, 2.45) is 0 Å². The van der Waals surface area contributed by atoms with Crippen LogP contribution in [0.5, 0.6) is 0 Å². The minimum Gasteiger partial charge on any atom is -0.369 e. The van der Waals surface area contributed by atoms with Gasteiger partial charge in [0.15, 0.2) is 0 Å². The van der Waals surface area contributed by atoms with Crippen LogP contribution >= 0.6 is 0 Å². The van der Waals surface area contributed by atoms with Gasteiger partial charge < -0.3 is 14.6 Å². The first kappa shape index (κ1) is 13.5. The highest BCUT2D eigenvalue weighted by atomic mass is 16.5. The first-order valence-corrected chi connectivity index (χ1v) is 6.07. The first-order chi connectivity index (χ1) is 9.35. The SMILES string of the molecule is C=CCNCc1nc(C(OC)c2ccccc2)no1. The number of ether oxygens (including phenoxy) is 1. The van der Waals surface area contributed by atoms with Crippen molar-refractivity contribution in [1.82, 2.24) is 15.5 Å². The van der Waals surface area contributed by atoms with Crippen LogP contribution in [0.1, 0.15) is 23.4 Å². The third kappa shape index (κ3) is 3.49. The molecule has 1 aromatic heterocycles. The van der Waals surface area contributed by atoms with Crippen LogP contribution in [0.4, 0.5) is 0 Å². The minimum atomic E-state index is -0.307. The molecule has 1 atom stereocenters. The molecule has 0 aliphatic heterocycles. The van der Waals surface area contributed by atoms with Gasteiger partial charge in [-0.1, -0.05) is 41.6 Å². The van der Waals surface area contributed by atoms with E-state index in [1.807, 2.05) is 30.3 Å². The maximum Gasteiger partial charge on any atom is 0.240 e. The van der Waals surface area contributed by atoms with Crippen LogP contribution in [0, 0.1) is 0 Å². The molecule has 0 aliphatic rings. The quantitative estimate of drug-likeness (QED) is 0.609. The molecule has 1 aromatic carbocycles. The number of rotatable bonds is 7. The summed E-state index contributed by atoms with van der Waals surface area (Å²) in [4.78, 5) is 4.33. The van der Waals surface area contributed by atoms with E-state index in [0.29, 0.717) is 24.8 Å². The van der Waals surface area contributed by atoms with Crippen LogP contribution < -0.4 is 5.32 Å². The number of benzene rings is 1. The average molecular weight is 259 g/mol. The second-order valence-electron chi connectivity index (χ2n) is 3.99. The van der Waals surface area contributed by atoms with Gasteiger partial charge in [0.2, 0.25) is 11.7 Å². The van der Waals surface area contributed by atoms with Gasteiger partial charge in [-0.05, 0) is 5.56 Å². The van der Waals surface area contributed by atoms with Crippen molar-refractivity contribution in [2.45, 2.75) is 12.6 Å². The second kappa shape index (κ2) is 6.82. The van der Waals surface area contributed by atoms with E-state index in [4.69, 9.17) is 9.26 Å². The number of methoxy groups -OCH3 is 1. The van der Waals surface area contributed by atoms with Gasteiger partial charge in [-0.3, -0.25) is 0 Å². The molecule has 1 heterocycles. The van der Waals surface area contributed by atoms with Crippen molar-refractivity contribution in [2.75, 3.05) is 13.7 Å². The smallest absolute Gasteiger partial charge is 0.240 e. The predicted molar refractivity (Wildman–Crippen MR) is 71.5 cm³/mol. The van der Waals surface area contributed by atoms with Crippen LogP contribution in [-0.2, 0) is 11.3 Å². The molecule has 19 heavy (non-hydrogen) atoms. The maximum absolute atomic E-state index is 5.44. The highest BCUT2D eigenvalue weighted by Crippen LogP contribution is 2.22. The van der Waals surface area contributed by atoms with Gasteiger partial charge in [0.1, 0.15) is 6.10 Å². The molecular weight excluding hydrogens is 242 g/mol. The molecule has 5 nitrogen and oxygen atoms in total. The molecular formula is C14H17N3O2. The lowest BCUT2D eigenvalue weighted by molar-refractivity contribution is 0.126. The van der Waals surface area contributed by atoms with Crippen molar-refractivity contribution < 1.29 is 9.26 Å². The highest BCUT2D eigenvalue weighted by molar-refractivity contribution is 5.22. The fourth-order valence-electron chi connectivity index (χ4n) is 1.75. The van der Waals surface area contributed by atoms with Gasteiger partial charge >= 0.3 is 0 Å². The van der Waals surface area contributed by atoms with Gasteiger partial charge in [0.25, 0.3) is 0 Å². The third-order valence-electron chi connectivity index (χ3n) is 2.62. The van der Waals surface area contributed by atoms with Gasteiger partial charge in [-0.2, -0.15) is 4.98 Å². The lowest BCUT2D eigenvalue weighted by Crippen LogP contribution is -2.13. The van der Waals surface area contributed by atoms with E-state index in [2.05, 4.69) is 22.0 Å². The number of aromatic nitrogens is 2. The molecule has 2 rings (SSSR count). The molecule has 1 unspecified atom stereocenters. The molecule has 1 N–H and O–H groups in total. The lowest BCUT2D eigenvalue weighted by atomic mass is 10.1. The van der Waals surface area contributed by atoms with E-state index >= 15 is 0 Å². The molecule has 0 saturated carbocycles. The van der Waals surface area contributed by atoms with Crippen molar-refractivity contribution >= 4 is 0 Å². The number of hydrogen-bond acceptors (Lipinski definition) is 5. The minimum absolute atomic E-state index is 0.307. The molecule has 0 fully saturated rings. The van der Waals surface area contributed by atoms with Crippen molar-refractivity contribution in [3.63, 3.8) is 0 Å². The Bertz CT molecular complexity index is 510. The molecule has 0 aliphatic carbocycles. The largest absolute Gasteiger partial charge is 0.369 e. The van der Waals surface area contributed by atoms with Crippen molar-refractivity contribution in [3.05, 3.63) is 60.3 Å². The molecule has 5 heteroatoms. The van der Waals surface area contributed by atoms with E-state index in [1.165, 1.54) is 0 Å². The van der Waals surface area contributed by atoms with Crippen LogP contribution in [0.2, 0.25) is 0 Å². The Morgan fingerprint density at radius 3 is 2.89 bits per heavy atom. The number of hydrogen-bond donors (Lipinski definition) is 1. The number of nitrogens with one attached hydrogen (secondary N) is 1. The monoisotopic (exact) mass is 259 g/mol. The zero-order valence-electron chi connectivity index (χ0n) is 10.9. The molecule has 100 valence electrons. The molecule has 2 aromatic rings. The Balaban J connectivity index is 2.09. The zero-order chi connectivity index (χ0) is 13.5. The maximum atomic E-state index is 5.44. The van der Waals surface area contributed by atoms with Crippen LogP contribution in [0.15, 0.2) is 47.5 Å². The lowest BCUT2D eigenvalue weighted by Gasteiger charge is -2.10. The normalized spacial score (nSPS) is 12.3. The van der Waals surface area contributed by atoms with E-state index in [9.17, 15) is 0 Å². The molecule has 0 radical (unpaired) electrons. The summed E-state index contributed by atoms with van der Waals surface area (Å²) in [6, 6.07) is 9.80. The summed E-state index contributed by atoms with van der Waals surface area (Å²) in [6.07, 6.45) is 1.47. The van der Waals surface area contributed by atoms with Gasteiger partial charge in [-0.15, -0.1) is 6.58 Å². The highest BCUT2D eigenvalue weighted by Gasteiger charge is 2.19. The molecule has 0 spiro atoms. The summed E-state index contributed by atoms with van der Waals surface area (Å²) >= 11 is 0. The summed E-state index contributed by atoms with van der Waals surface area (Å²) in [5.74, 6) is 1.07. The van der Waals surface area contributed by atoms with E-state index < -0.39 is 0 Å². The standard InChI is InChI=1S/C14H17N3O2/c1-3-9-15-10-12-16-14(17-19-12)13(18-2)11-7-5-4-6-8-11/h3-8,13,15H,1,9-10H2,2H3. The second-order valence-corrected chi connectivity index (χ2v) is 3.99. The van der Waals surface area contributed by atoms with Gasteiger partial charge in [-0.25, -0.2) is 0 Å². The molecule has 0 bridgehead atoms. The fraction of sp³-hybridized carbons (Fsp3) is 0.286. The Hall–Kier alpha value is -1.98. The summed E-state index contributed by atoms with van der Waals surface area (Å²) < 4.78 is 10.6. The third-order valence-corrected chi connectivity index (χ3v) is 2.62. The Kier molecular flexibility index (Phi) is 4.83.